The first kappa shape index (κ1) is 27.6. The number of aliphatic hydroxyl groups is 1. The Kier molecular flexibility index (Phi) is 8.99. The van der Waals surface area contributed by atoms with Crippen LogP contribution < -0.4 is 10.6 Å². The molecule has 1 heterocycles. The number of benzene rings is 2. The van der Waals surface area contributed by atoms with Crippen LogP contribution in [-0.4, -0.2) is 52.0 Å². The Labute approximate surface area is 221 Å². The third-order valence-corrected chi connectivity index (χ3v) is 7.26. The average Bonchev–Trinajstić information content (AvgIpc) is 2.91. The van der Waals surface area contributed by atoms with Gasteiger partial charge in [-0.2, -0.15) is 0 Å². The molecule has 1 saturated carbocycles. The Morgan fingerprint density at radius 2 is 1.82 bits per heavy atom. The van der Waals surface area contributed by atoms with Gasteiger partial charge >= 0.3 is 0 Å². The number of aromatic nitrogens is 2. The number of hydrogen-bond donors (Lipinski definition) is 3. The lowest BCUT2D eigenvalue weighted by molar-refractivity contribution is -0.127. The van der Waals surface area contributed by atoms with Gasteiger partial charge in [-0.05, 0) is 55.7 Å². The van der Waals surface area contributed by atoms with Crippen molar-refractivity contribution in [3.8, 4) is 0 Å². The molecule has 3 N–H and O–H groups in total. The molecule has 4 rings (SSSR count). The second-order valence-electron chi connectivity index (χ2n) is 10.2. The molecule has 1 aliphatic carbocycles. The summed E-state index contributed by atoms with van der Waals surface area (Å²) >= 11 is 0. The molecule has 3 aromatic rings. The molecule has 1 aromatic heterocycles. The van der Waals surface area contributed by atoms with Gasteiger partial charge in [0.15, 0.2) is 0 Å². The zero-order valence-electron chi connectivity index (χ0n) is 21.4. The Morgan fingerprint density at radius 1 is 1.11 bits per heavy atom. The van der Waals surface area contributed by atoms with Crippen molar-refractivity contribution >= 4 is 22.8 Å². The van der Waals surface area contributed by atoms with Crippen LogP contribution in [0.15, 0.2) is 60.8 Å². The fourth-order valence-electron chi connectivity index (χ4n) is 5.31. The van der Waals surface area contributed by atoms with Crippen molar-refractivity contribution in [1.82, 2.24) is 20.6 Å². The van der Waals surface area contributed by atoms with Crippen LogP contribution in [-0.2, 0) is 11.2 Å². The summed E-state index contributed by atoms with van der Waals surface area (Å²) in [5.41, 5.74) is 2.24. The van der Waals surface area contributed by atoms with Crippen molar-refractivity contribution in [2.45, 2.75) is 63.0 Å². The van der Waals surface area contributed by atoms with E-state index in [1.165, 1.54) is 13.2 Å². The molecular weight excluding hydrogens is 490 g/mol. The average molecular weight is 525 g/mol. The predicted molar refractivity (Wildman–Crippen MR) is 141 cm³/mol. The van der Waals surface area contributed by atoms with Crippen LogP contribution in [0.3, 0.4) is 0 Å². The summed E-state index contributed by atoms with van der Waals surface area (Å²) < 4.78 is 28.0. The minimum Gasteiger partial charge on any atom is -0.391 e. The van der Waals surface area contributed by atoms with E-state index < -0.39 is 29.9 Å². The molecule has 1 fully saturated rings. The first-order valence-corrected chi connectivity index (χ1v) is 13.1. The first-order chi connectivity index (χ1) is 18.2. The van der Waals surface area contributed by atoms with Gasteiger partial charge in [0, 0.05) is 25.8 Å². The molecule has 0 bridgehead atoms. The van der Waals surface area contributed by atoms with Gasteiger partial charge in [0.25, 0.3) is 5.91 Å². The zero-order valence-corrected chi connectivity index (χ0v) is 21.4. The van der Waals surface area contributed by atoms with Crippen molar-refractivity contribution in [1.29, 1.82) is 0 Å². The number of aliphatic hydroxyl groups excluding tert-OH is 1. The SMILES string of the molecule is CNC(=O)[C@H](CC1CCCC(F)(F)C1)C[C@H](O)[C@H](Cc1ccccc1)NC(=O)c1cnc2ccccc2n1. The molecule has 0 radical (unpaired) electrons. The van der Waals surface area contributed by atoms with E-state index >= 15 is 0 Å². The number of rotatable bonds is 10. The Hall–Kier alpha value is -3.46. The van der Waals surface area contributed by atoms with E-state index in [1.54, 1.807) is 12.1 Å². The van der Waals surface area contributed by atoms with Gasteiger partial charge in [0.05, 0.1) is 29.4 Å². The first-order valence-electron chi connectivity index (χ1n) is 13.1. The van der Waals surface area contributed by atoms with Crippen molar-refractivity contribution in [2.75, 3.05) is 7.05 Å². The maximum Gasteiger partial charge on any atom is 0.271 e. The van der Waals surface area contributed by atoms with Gasteiger partial charge in [-0.15, -0.1) is 0 Å². The van der Waals surface area contributed by atoms with E-state index in [9.17, 15) is 23.5 Å². The molecule has 7 nitrogen and oxygen atoms in total. The van der Waals surface area contributed by atoms with Crippen molar-refractivity contribution in [3.63, 3.8) is 0 Å². The quantitative estimate of drug-likeness (QED) is 0.367. The van der Waals surface area contributed by atoms with Gasteiger partial charge in [-0.25, -0.2) is 13.8 Å². The molecule has 9 heteroatoms. The molecule has 4 atom stereocenters. The fourth-order valence-corrected chi connectivity index (χ4v) is 5.31. The van der Waals surface area contributed by atoms with E-state index in [0.29, 0.717) is 30.3 Å². The highest BCUT2D eigenvalue weighted by Gasteiger charge is 2.38. The number of alkyl halides is 2. The highest BCUT2D eigenvalue weighted by molar-refractivity contribution is 5.94. The number of amides is 2. The number of nitrogens with one attached hydrogen (secondary N) is 2. The monoisotopic (exact) mass is 524 g/mol. The standard InChI is InChI=1S/C29H34F2N4O3/c1-32-27(37)21(14-20-10-7-13-29(30,31)17-20)16-26(36)24(15-19-8-3-2-4-9-19)35-28(38)25-18-33-22-11-5-6-12-23(22)34-25/h2-6,8-9,11-12,18,20-21,24,26,36H,7,10,13-17H2,1H3,(H,32,37)(H,35,38)/t20?,21-,24+,26+/m1/s1. The highest BCUT2D eigenvalue weighted by Crippen LogP contribution is 2.40. The Morgan fingerprint density at radius 3 is 2.53 bits per heavy atom. The number of para-hydroxylation sites is 2. The van der Waals surface area contributed by atoms with Gasteiger partial charge in [-0.1, -0.05) is 42.5 Å². The normalized spacial score (nSPS) is 19.3. The fraction of sp³-hybridized carbons (Fsp3) is 0.448. The Balaban J connectivity index is 1.52. The van der Waals surface area contributed by atoms with Crippen LogP contribution in [0.5, 0.6) is 0 Å². The summed E-state index contributed by atoms with van der Waals surface area (Å²) in [6, 6.07) is 15.9. The molecule has 0 spiro atoms. The van der Waals surface area contributed by atoms with Gasteiger partial charge in [0.2, 0.25) is 11.8 Å². The van der Waals surface area contributed by atoms with Crippen LogP contribution in [0, 0.1) is 11.8 Å². The smallest absolute Gasteiger partial charge is 0.271 e. The van der Waals surface area contributed by atoms with E-state index in [2.05, 4.69) is 20.6 Å². The third kappa shape index (κ3) is 7.31. The van der Waals surface area contributed by atoms with E-state index in [1.807, 2.05) is 42.5 Å². The van der Waals surface area contributed by atoms with Gasteiger partial charge in [-0.3, -0.25) is 14.6 Å². The van der Waals surface area contributed by atoms with Crippen molar-refractivity contribution in [3.05, 3.63) is 72.1 Å². The second-order valence-corrected chi connectivity index (χ2v) is 10.2. The zero-order chi connectivity index (χ0) is 27.1. The number of fused-ring (bicyclic) bond motifs is 1. The number of halogens is 2. The molecule has 0 saturated heterocycles. The minimum atomic E-state index is -2.72. The van der Waals surface area contributed by atoms with Crippen LogP contribution >= 0.6 is 0 Å². The maximum atomic E-state index is 14.0. The summed E-state index contributed by atoms with van der Waals surface area (Å²) in [5.74, 6) is -4.48. The molecule has 38 heavy (non-hydrogen) atoms. The van der Waals surface area contributed by atoms with Crippen LogP contribution in [0.1, 0.15) is 54.6 Å². The molecular formula is C29H34F2N4O3. The van der Waals surface area contributed by atoms with E-state index in [4.69, 9.17) is 0 Å². The molecule has 2 aromatic carbocycles. The molecule has 2 amide bonds. The molecule has 0 aliphatic heterocycles. The lowest BCUT2D eigenvalue weighted by Crippen LogP contribution is -2.47. The number of hydrogen-bond acceptors (Lipinski definition) is 5. The summed E-state index contributed by atoms with van der Waals surface area (Å²) in [6.07, 6.45) is 1.57. The summed E-state index contributed by atoms with van der Waals surface area (Å²) in [4.78, 5) is 34.6. The maximum absolute atomic E-state index is 14.0. The van der Waals surface area contributed by atoms with E-state index in [0.717, 1.165) is 5.56 Å². The number of carbonyl (C=O) groups excluding carboxylic acids is 2. The van der Waals surface area contributed by atoms with Gasteiger partial charge in [0.1, 0.15) is 5.69 Å². The molecule has 1 unspecified atom stereocenters. The predicted octanol–water partition coefficient (Wildman–Crippen LogP) is 4.30. The topological polar surface area (TPSA) is 104 Å². The van der Waals surface area contributed by atoms with Crippen LogP contribution in [0.25, 0.3) is 11.0 Å². The summed E-state index contributed by atoms with van der Waals surface area (Å²) in [6.45, 7) is 0. The molecule has 1 aliphatic rings. The lowest BCUT2D eigenvalue weighted by atomic mass is 9.78. The van der Waals surface area contributed by atoms with Crippen LogP contribution in [0.2, 0.25) is 0 Å². The second kappa shape index (κ2) is 12.4. The lowest BCUT2D eigenvalue weighted by Gasteiger charge is -2.32. The van der Waals surface area contributed by atoms with Crippen LogP contribution in [0.4, 0.5) is 8.78 Å². The van der Waals surface area contributed by atoms with E-state index in [-0.39, 0.29) is 43.2 Å². The van der Waals surface area contributed by atoms with Gasteiger partial charge < -0.3 is 15.7 Å². The third-order valence-electron chi connectivity index (χ3n) is 7.26. The van der Waals surface area contributed by atoms with Crippen molar-refractivity contribution in [2.24, 2.45) is 11.8 Å². The molecule has 202 valence electrons. The summed E-state index contributed by atoms with van der Waals surface area (Å²) in [7, 11) is 1.50. The summed E-state index contributed by atoms with van der Waals surface area (Å²) in [5, 5.41) is 16.8. The minimum absolute atomic E-state index is 0.0307. The Bertz CT molecular complexity index is 1240. The largest absolute Gasteiger partial charge is 0.391 e. The van der Waals surface area contributed by atoms with Crippen molar-refractivity contribution < 1.29 is 23.5 Å². The highest BCUT2D eigenvalue weighted by atomic mass is 19.3. The number of nitrogens with zero attached hydrogens (tertiary/aromatic N) is 2. The number of carbonyl (C=O) groups is 2.